The normalized spacial score (nSPS) is 13.5. The lowest BCUT2D eigenvalue weighted by molar-refractivity contribution is 0.455. The Morgan fingerprint density at radius 1 is 0.682 bits per heavy atom. The predicted octanol–water partition coefficient (Wildman–Crippen LogP) is 4.45. The highest BCUT2D eigenvalue weighted by atomic mass is 16.3. The summed E-state index contributed by atoms with van der Waals surface area (Å²) in [4.78, 5) is 0. The molecule has 3 rings (SSSR count). The van der Waals surface area contributed by atoms with Crippen LogP contribution >= 0.6 is 0 Å². The van der Waals surface area contributed by atoms with Gasteiger partial charge in [-0.2, -0.15) is 0 Å². The minimum Gasteiger partial charge on any atom is -0.508 e. The van der Waals surface area contributed by atoms with Gasteiger partial charge >= 0.3 is 0 Å². The molecule has 2 nitrogen and oxygen atoms in total. The van der Waals surface area contributed by atoms with E-state index in [9.17, 15) is 10.2 Å². The van der Waals surface area contributed by atoms with Gasteiger partial charge in [-0.05, 0) is 36.2 Å². The number of aromatic hydroxyl groups is 2. The Balaban J connectivity index is 2.30. The van der Waals surface area contributed by atoms with E-state index in [-0.39, 0.29) is 11.5 Å². The Hall–Kier alpha value is -2.74. The monoisotopic (exact) mass is 290 g/mol. The van der Waals surface area contributed by atoms with Crippen molar-refractivity contribution < 1.29 is 10.2 Å². The topological polar surface area (TPSA) is 40.5 Å². The van der Waals surface area contributed by atoms with E-state index in [0.29, 0.717) is 0 Å². The first-order valence-corrected chi connectivity index (χ1v) is 7.26. The summed E-state index contributed by atoms with van der Waals surface area (Å²) in [5.41, 5.74) is 2.25. The SMILES string of the molecule is CC(c1ccccc1)(c1cccc(O)c1)c1ccccc1O. The highest BCUT2D eigenvalue weighted by Crippen LogP contribution is 2.43. The average Bonchev–Trinajstić information content (AvgIpc) is 2.55. The molecule has 3 aromatic rings. The van der Waals surface area contributed by atoms with Crippen molar-refractivity contribution in [1.82, 2.24) is 0 Å². The van der Waals surface area contributed by atoms with Gasteiger partial charge in [0.15, 0.2) is 0 Å². The lowest BCUT2D eigenvalue weighted by Crippen LogP contribution is -2.25. The van der Waals surface area contributed by atoms with Gasteiger partial charge in [-0.1, -0.05) is 60.7 Å². The van der Waals surface area contributed by atoms with Gasteiger partial charge in [-0.15, -0.1) is 0 Å². The molecule has 0 heterocycles. The second-order valence-electron chi connectivity index (χ2n) is 5.56. The zero-order valence-electron chi connectivity index (χ0n) is 12.4. The summed E-state index contributed by atoms with van der Waals surface area (Å²) < 4.78 is 0. The van der Waals surface area contributed by atoms with Gasteiger partial charge in [0.25, 0.3) is 0 Å². The highest BCUT2D eigenvalue weighted by Gasteiger charge is 2.33. The van der Waals surface area contributed by atoms with E-state index in [1.165, 1.54) is 0 Å². The molecule has 2 N–H and O–H groups in total. The van der Waals surface area contributed by atoms with Crippen LogP contribution in [-0.4, -0.2) is 10.2 Å². The largest absolute Gasteiger partial charge is 0.508 e. The van der Waals surface area contributed by atoms with Crippen LogP contribution in [0.2, 0.25) is 0 Å². The molecule has 0 radical (unpaired) electrons. The molecule has 0 amide bonds. The molecule has 0 aliphatic carbocycles. The summed E-state index contributed by atoms with van der Waals surface area (Å²) in [5, 5.41) is 20.3. The van der Waals surface area contributed by atoms with Gasteiger partial charge in [-0.25, -0.2) is 0 Å². The third-order valence-electron chi connectivity index (χ3n) is 4.22. The second-order valence-corrected chi connectivity index (χ2v) is 5.56. The fourth-order valence-corrected chi connectivity index (χ4v) is 2.96. The van der Waals surface area contributed by atoms with E-state index >= 15 is 0 Å². The van der Waals surface area contributed by atoms with E-state index in [1.54, 1.807) is 18.2 Å². The zero-order chi connectivity index (χ0) is 15.6. The maximum absolute atomic E-state index is 10.4. The Morgan fingerprint density at radius 2 is 1.32 bits per heavy atom. The summed E-state index contributed by atoms with van der Waals surface area (Å²) in [6.45, 7) is 2.06. The molecule has 0 spiro atoms. The quantitative estimate of drug-likeness (QED) is 0.699. The lowest BCUT2D eigenvalue weighted by Gasteiger charge is -2.32. The minimum absolute atomic E-state index is 0.218. The predicted molar refractivity (Wildman–Crippen MR) is 88.2 cm³/mol. The summed E-state index contributed by atoms with van der Waals surface area (Å²) in [6.07, 6.45) is 0. The van der Waals surface area contributed by atoms with Crippen molar-refractivity contribution in [2.24, 2.45) is 0 Å². The van der Waals surface area contributed by atoms with E-state index in [1.807, 2.05) is 60.7 Å². The molecule has 0 saturated heterocycles. The zero-order valence-corrected chi connectivity index (χ0v) is 12.4. The molecule has 3 aromatic carbocycles. The number of rotatable bonds is 3. The number of hydrogen-bond donors (Lipinski definition) is 2. The molecular formula is C20H18O2. The molecule has 2 heteroatoms. The standard InChI is InChI=1S/C20H18O2/c1-20(15-8-3-2-4-9-15,16-10-7-11-17(21)14-16)18-12-5-6-13-19(18)22/h2-14,21-22H,1H3. The van der Waals surface area contributed by atoms with Gasteiger partial charge in [0.1, 0.15) is 11.5 Å². The van der Waals surface area contributed by atoms with E-state index in [4.69, 9.17) is 0 Å². The van der Waals surface area contributed by atoms with Crippen LogP contribution in [0.1, 0.15) is 23.6 Å². The Bertz CT molecular complexity index is 780. The number of phenols is 2. The third-order valence-corrected chi connectivity index (χ3v) is 4.22. The van der Waals surface area contributed by atoms with E-state index in [0.717, 1.165) is 16.7 Å². The smallest absolute Gasteiger partial charge is 0.120 e. The number of benzene rings is 3. The minimum atomic E-state index is -0.550. The molecule has 1 unspecified atom stereocenters. The van der Waals surface area contributed by atoms with Crippen molar-refractivity contribution in [3.8, 4) is 11.5 Å². The highest BCUT2D eigenvalue weighted by molar-refractivity contribution is 5.54. The van der Waals surface area contributed by atoms with Gasteiger partial charge in [0.05, 0.1) is 0 Å². The first-order valence-electron chi connectivity index (χ1n) is 7.26. The molecule has 0 fully saturated rings. The maximum atomic E-state index is 10.4. The van der Waals surface area contributed by atoms with Crippen molar-refractivity contribution in [1.29, 1.82) is 0 Å². The first-order chi connectivity index (χ1) is 10.6. The molecule has 0 bridgehead atoms. The van der Waals surface area contributed by atoms with Crippen LogP contribution in [0.3, 0.4) is 0 Å². The van der Waals surface area contributed by atoms with E-state index in [2.05, 4.69) is 6.92 Å². The van der Waals surface area contributed by atoms with Gasteiger partial charge in [0.2, 0.25) is 0 Å². The third kappa shape index (κ3) is 2.33. The van der Waals surface area contributed by atoms with Crippen LogP contribution in [0.15, 0.2) is 78.9 Å². The number of phenolic OH excluding ortho intramolecular Hbond substituents is 2. The van der Waals surface area contributed by atoms with Gasteiger partial charge < -0.3 is 10.2 Å². The molecule has 0 saturated carbocycles. The lowest BCUT2D eigenvalue weighted by atomic mass is 9.71. The molecule has 22 heavy (non-hydrogen) atoms. The molecule has 110 valence electrons. The van der Waals surface area contributed by atoms with E-state index < -0.39 is 5.41 Å². The average molecular weight is 290 g/mol. The van der Waals surface area contributed by atoms with Crippen LogP contribution in [0.5, 0.6) is 11.5 Å². The van der Waals surface area contributed by atoms with Crippen LogP contribution in [0.4, 0.5) is 0 Å². The Labute approximate surface area is 130 Å². The van der Waals surface area contributed by atoms with Crippen LogP contribution in [0, 0.1) is 0 Å². The first kappa shape index (κ1) is 14.2. The van der Waals surface area contributed by atoms with Crippen LogP contribution in [0.25, 0.3) is 0 Å². The fourth-order valence-electron chi connectivity index (χ4n) is 2.96. The van der Waals surface area contributed by atoms with Gasteiger partial charge in [0, 0.05) is 11.0 Å². The van der Waals surface area contributed by atoms with Crippen molar-refractivity contribution in [3.63, 3.8) is 0 Å². The second kappa shape index (κ2) is 5.57. The summed E-state index contributed by atoms with van der Waals surface area (Å²) >= 11 is 0. The molecular weight excluding hydrogens is 272 g/mol. The van der Waals surface area contributed by atoms with Gasteiger partial charge in [-0.3, -0.25) is 0 Å². The summed E-state index contributed by atoms with van der Waals surface area (Å²) in [7, 11) is 0. The van der Waals surface area contributed by atoms with Crippen LogP contribution in [-0.2, 0) is 5.41 Å². The fraction of sp³-hybridized carbons (Fsp3) is 0.100. The van der Waals surface area contributed by atoms with Crippen molar-refractivity contribution in [3.05, 3.63) is 95.6 Å². The molecule has 0 aliphatic rings. The molecule has 1 atom stereocenters. The molecule has 0 aliphatic heterocycles. The molecule has 0 aromatic heterocycles. The maximum Gasteiger partial charge on any atom is 0.120 e. The summed E-state index contributed by atoms with van der Waals surface area (Å²) in [6, 6.07) is 24.6. The number of para-hydroxylation sites is 1. The number of hydrogen-bond acceptors (Lipinski definition) is 2. The summed E-state index contributed by atoms with van der Waals surface area (Å²) in [5.74, 6) is 0.465. The van der Waals surface area contributed by atoms with Crippen molar-refractivity contribution in [2.75, 3.05) is 0 Å². The van der Waals surface area contributed by atoms with Crippen molar-refractivity contribution in [2.45, 2.75) is 12.3 Å². The Kier molecular flexibility index (Phi) is 3.60. The van der Waals surface area contributed by atoms with Crippen LogP contribution < -0.4 is 0 Å². The van der Waals surface area contributed by atoms with Crippen molar-refractivity contribution >= 4 is 0 Å². The Morgan fingerprint density at radius 3 is 2.00 bits per heavy atom.